The Bertz CT molecular complexity index is 698. The molecule has 2 aromatic rings. The van der Waals surface area contributed by atoms with Crippen molar-refractivity contribution in [2.45, 2.75) is 19.3 Å². The summed E-state index contributed by atoms with van der Waals surface area (Å²) in [5.41, 5.74) is 7.25. The number of anilines is 1. The lowest BCUT2D eigenvalue weighted by molar-refractivity contribution is -0.671. The molecule has 0 saturated carbocycles. The number of aromatic nitrogens is 1. The van der Waals surface area contributed by atoms with Gasteiger partial charge in [-0.1, -0.05) is 12.2 Å². The molecule has 4 rings (SSSR count). The lowest BCUT2D eigenvalue weighted by atomic mass is 9.96. The molecule has 0 radical (unpaired) electrons. The van der Waals surface area contributed by atoms with E-state index in [2.05, 4.69) is 58.3 Å². The summed E-state index contributed by atoms with van der Waals surface area (Å²) in [7, 11) is 2.05. The van der Waals surface area contributed by atoms with Gasteiger partial charge in [0.05, 0.1) is 0 Å². The number of hydrogen-bond donors (Lipinski definition) is 0. The zero-order valence-corrected chi connectivity index (χ0v) is 12.5. The Kier molecular flexibility index (Phi) is 3.03. The molecule has 21 heavy (non-hydrogen) atoms. The van der Waals surface area contributed by atoms with E-state index in [4.69, 9.17) is 0 Å². The van der Waals surface area contributed by atoms with Gasteiger partial charge < -0.3 is 4.90 Å². The lowest BCUT2D eigenvalue weighted by Crippen LogP contribution is -2.26. The molecule has 0 unspecified atom stereocenters. The van der Waals surface area contributed by atoms with Gasteiger partial charge in [-0.15, -0.1) is 0 Å². The second-order valence-corrected chi connectivity index (χ2v) is 6.16. The second kappa shape index (κ2) is 5.03. The summed E-state index contributed by atoms with van der Waals surface area (Å²) in [4.78, 5) is 2.57. The second-order valence-electron chi connectivity index (χ2n) is 6.16. The maximum Gasteiger partial charge on any atom is 0.169 e. The molecule has 0 bridgehead atoms. The van der Waals surface area contributed by atoms with E-state index in [1.54, 1.807) is 16.8 Å². The van der Waals surface area contributed by atoms with Crippen molar-refractivity contribution >= 4 is 17.8 Å². The minimum atomic E-state index is 1.21. The maximum atomic E-state index is 2.57. The van der Waals surface area contributed by atoms with Crippen LogP contribution in [0.25, 0.3) is 12.2 Å². The molecule has 1 aromatic carbocycles. The standard InChI is InChI=1S/C19H21N2/c1-20-10-6-15(7-11-20)4-5-16-13-17-3-2-9-21-12-8-18(14-16)19(17)21/h4-7,10-11,13-14H,2-3,8-9,12H2,1H3/q+1. The quantitative estimate of drug-likeness (QED) is 0.766. The molecule has 0 N–H and O–H groups in total. The van der Waals surface area contributed by atoms with Crippen molar-refractivity contribution in [1.29, 1.82) is 0 Å². The molecule has 0 amide bonds. The largest absolute Gasteiger partial charge is 0.371 e. The molecule has 2 nitrogen and oxygen atoms in total. The Balaban J connectivity index is 1.66. The summed E-state index contributed by atoms with van der Waals surface area (Å²) in [5, 5.41) is 0. The summed E-state index contributed by atoms with van der Waals surface area (Å²) < 4.78 is 2.06. The molecular weight excluding hydrogens is 256 g/mol. The van der Waals surface area contributed by atoms with Crippen molar-refractivity contribution in [3.63, 3.8) is 0 Å². The van der Waals surface area contributed by atoms with Crippen LogP contribution >= 0.6 is 0 Å². The van der Waals surface area contributed by atoms with Crippen molar-refractivity contribution in [3.8, 4) is 0 Å². The van der Waals surface area contributed by atoms with Gasteiger partial charge in [-0.05, 0) is 53.6 Å². The van der Waals surface area contributed by atoms with Gasteiger partial charge in [0.15, 0.2) is 12.4 Å². The van der Waals surface area contributed by atoms with Gasteiger partial charge in [0.1, 0.15) is 7.05 Å². The summed E-state index contributed by atoms with van der Waals surface area (Å²) in [6.07, 6.45) is 12.4. The van der Waals surface area contributed by atoms with E-state index in [0.29, 0.717) is 0 Å². The Morgan fingerprint density at radius 3 is 2.48 bits per heavy atom. The molecule has 0 fully saturated rings. The van der Waals surface area contributed by atoms with Gasteiger partial charge in [-0.25, -0.2) is 4.57 Å². The van der Waals surface area contributed by atoms with Crippen LogP contribution in [0.3, 0.4) is 0 Å². The van der Waals surface area contributed by atoms with Crippen molar-refractivity contribution < 1.29 is 4.57 Å². The Morgan fingerprint density at radius 1 is 0.952 bits per heavy atom. The van der Waals surface area contributed by atoms with Crippen LogP contribution in [0, 0.1) is 0 Å². The van der Waals surface area contributed by atoms with Crippen molar-refractivity contribution in [2.24, 2.45) is 7.05 Å². The minimum Gasteiger partial charge on any atom is -0.371 e. The van der Waals surface area contributed by atoms with Crippen LogP contribution in [0.15, 0.2) is 36.7 Å². The van der Waals surface area contributed by atoms with Crippen LogP contribution in [-0.4, -0.2) is 13.1 Å². The summed E-state index contributed by atoms with van der Waals surface area (Å²) in [6, 6.07) is 9.06. The number of rotatable bonds is 2. The predicted molar refractivity (Wildman–Crippen MR) is 87.2 cm³/mol. The third-order valence-electron chi connectivity index (χ3n) is 4.60. The van der Waals surface area contributed by atoms with E-state index < -0.39 is 0 Å². The Morgan fingerprint density at radius 2 is 1.67 bits per heavy atom. The summed E-state index contributed by atoms with van der Waals surface area (Å²) in [6.45, 7) is 2.46. The van der Waals surface area contributed by atoms with Crippen LogP contribution < -0.4 is 9.47 Å². The summed E-state index contributed by atoms with van der Waals surface area (Å²) in [5.74, 6) is 0. The van der Waals surface area contributed by atoms with E-state index in [0.717, 1.165) is 0 Å². The van der Waals surface area contributed by atoms with E-state index in [1.807, 2.05) is 7.05 Å². The van der Waals surface area contributed by atoms with Crippen molar-refractivity contribution in [3.05, 3.63) is 58.9 Å². The molecule has 0 atom stereocenters. The van der Waals surface area contributed by atoms with E-state index in [9.17, 15) is 0 Å². The Hall–Kier alpha value is -2.09. The molecule has 0 spiro atoms. The van der Waals surface area contributed by atoms with E-state index >= 15 is 0 Å². The number of aryl methyl sites for hydroxylation is 2. The predicted octanol–water partition coefficient (Wildman–Crippen LogP) is 2.99. The third kappa shape index (κ3) is 2.35. The number of pyridine rings is 1. The zero-order valence-electron chi connectivity index (χ0n) is 12.5. The zero-order chi connectivity index (χ0) is 14.2. The smallest absolute Gasteiger partial charge is 0.169 e. The highest BCUT2D eigenvalue weighted by molar-refractivity contribution is 5.74. The number of hydrogen-bond acceptors (Lipinski definition) is 1. The van der Waals surface area contributed by atoms with Crippen molar-refractivity contribution in [2.75, 3.05) is 18.0 Å². The fourth-order valence-electron chi connectivity index (χ4n) is 3.54. The van der Waals surface area contributed by atoms with Crippen LogP contribution in [-0.2, 0) is 19.9 Å². The van der Waals surface area contributed by atoms with E-state index in [-0.39, 0.29) is 0 Å². The third-order valence-corrected chi connectivity index (χ3v) is 4.60. The normalized spacial score (nSPS) is 16.5. The van der Waals surface area contributed by atoms with Gasteiger partial charge in [-0.2, -0.15) is 0 Å². The highest BCUT2D eigenvalue weighted by Gasteiger charge is 2.25. The SMILES string of the molecule is C[n+]1ccc(/C=C/c2cc3c4c(c2)CCN4CCC3)cc1. The molecule has 2 heteroatoms. The van der Waals surface area contributed by atoms with Gasteiger partial charge in [0, 0.05) is 30.9 Å². The van der Waals surface area contributed by atoms with Crippen LogP contribution in [0.2, 0.25) is 0 Å². The van der Waals surface area contributed by atoms with Gasteiger partial charge in [0.25, 0.3) is 0 Å². The molecule has 106 valence electrons. The topological polar surface area (TPSA) is 7.12 Å². The van der Waals surface area contributed by atoms with Crippen LogP contribution in [0.1, 0.15) is 28.7 Å². The first kappa shape index (κ1) is 12.6. The summed E-state index contributed by atoms with van der Waals surface area (Å²) >= 11 is 0. The lowest BCUT2D eigenvalue weighted by Gasteiger charge is -2.27. The van der Waals surface area contributed by atoms with Crippen LogP contribution in [0.4, 0.5) is 5.69 Å². The molecule has 2 aliphatic heterocycles. The highest BCUT2D eigenvalue weighted by Crippen LogP contribution is 2.37. The molecule has 0 aliphatic carbocycles. The average Bonchev–Trinajstić information content (AvgIpc) is 2.92. The fourth-order valence-corrected chi connectivity index (χ4v) is 3.54. The first-order valence-electron chi connectivity index (χ1n) is 7.84. The molecule has 2 aliphatic rings. The minimum absolute atomic E-state index is 1.21. The van der Waals surface area contributed by atoms with Crippen LogP contribution in [0.5, 0.6) is 0 Å². The van der Waals surface area contributed by atoms with Gasteiger partial charge in [-0.3, -0.25) is 0 Å². The molecular formula is C19H21N2+. The first-order valence-corrected chi connectivity index (χ1v) is 7.84. The maximum absolute atomic E-state index is 2.57. The van der Waals surface area contributed by atoms with Crippen molar-refractivity contribution in [1.82, 2.24) is 0 Å². The first-order chi connectivity index (χ1) is 10.3. The number of benzene rings is 1. The number of nitrogens with zero attached hydrogens (tertiary/aromatic N) is 2. The Labute approximate surface area is 126 Å². The average molecular weight is 277 g/mol. The van der Waals surface area contributed by atoms with Gasteiger partial charge >= 0.3 is 0 Å². The van der Waals surface area contributed by atoms with E-state index in [1.165, 1.54) is 43.5 Å². The fraction of sp³-hybridized carbons (Fsp3) is 0.316. The van der Waals surface area contributed by atoms with Gasteiger partial charge in [0.2, 0.25) is 0 Å². The molecule has 1 aromatic heterocycles. The molecule has 3 heterocycles. The monoisotopic (exact) mass is 277 g/mol. The highest BCUT2D eigenvalue weighted by atomic mass is 15.2. The molecule has 0 saturated heterocycles.